The fraction of sp³-hybridized carbons (Fsp3) is 0.417. The molecule has 0 atom stereocenters. The number of hydrogen-bond donors (Lipinski definition) is 0. The van der Waals surface area contributed by atoms with Gasteiger partial charge in [-0.25, -0.2) is 4.79 Å². The van der Waals surface area contributed by atoms with Gasteiger partial charge in [0.05, 0.1) is 12.7 Å². The Morgan fingerprint density at radius 2 is 1.88 bits per heavy atom. The third-order valence-electron chi connectivity index (χ3n) is 2.21. The molecule has 0 spiro atoms. The fourth-order valence-corrected chi connectivity index (χ4v) is 1.36. The van der Waals surface area contributed by atoms with E-state index in [1.54, 1.807) is 6.07 Å². The molecule has 0 radical (unpaired) electrons. The van der Waals surface area contributed by atoms with Crippen LogP contribution in [0.3, 0.4) is 0 Å². The summed E-state index contributed by atoms with van der Waals surface area (Å²) in [6.07, 6.45) is 0. The zero-order chi connectivity index (χ0) is 11.6. The van der Waals surface area contributed by atoms with Crippen molar-refractivity contribution >= 4 is 5.97 Å². The molecule has 0 unspecified atom stereocenters. The van der Waals surface area contributed by atoms with Crippen LogP contribution >= 0.6 is 0 Å². The van der Waals surface area contributed by atoms with E-state index in [-0.39, 0.29) is 40.7 Å². The van der Waals surface area contributed by atoms with Crippen molar-refractivity contribution in [3.8, 4) is 5.75 Å². The van der Waals surface area contributed by atoms with Gasteiger partial charge in [-0.15, -0.1) is 5.75 Å². The van der Waals surface area contributed by atoms with Crippen molar-refractivity contribution in [2.24, 2.45) is 0 Å². The van der Waals surface area contributed by atoms with Crippen LogP contribution in [0.15, 0.2) is 18.2 Å². The molecule has 4 heteroatoms. The molecule has 0 heterocycles. The average molecular weight is 230 g/mol. The molecule has 82 valence electrons. The summed E-state index contributed by atoms with van der Waals surface area (Å²) < 4.78 is 4.60. The van der Waals surface area contributed by atoms with Crippen LogP contribution in [0.2, 0.25) is 0 Å². The van der Waals surface area contributed by atoms with Gasteiger partial charge >= 0.3 is 35.5 Å². The number of hydrogen-bond acceptors (Lipinski definition) is 3. The molecule has 0 aliphatic rings. The number of carbonyl (C=O) groups is 1. The molecular weight excluding hydrogens is 215 g/mol. The summed E-state index contributed by atoms with van der Waals surface area (Å²) in [6, 6.07) is 4.50. The second-order valence-corrected chi connectivity index (χ2v) is 4.45. The summed E-state index contributed by atoms with van der Waals surface area (Å²) in [6.45, 7) is 5.81. The van der Waals surface area contributed by atoms with Gasteiger partial charge in [0.2, 0.25) is 0 Å². The molecule has 0 N–H and O–H groups in total. The molecule has 1 rings (SSSR count). The van der Waals surface area contributed by atoms with Crippen LogP contribution in [0.5, 0.6) is 5.75 Å². The van der Waals surface area contributed by atoms with Crippen LogP contribution in [-0.4, -0.2) is 13.1 Å². The minimum absolute atomic E-state index is 0. The van der Waals surface area contributed by atoms with Gasteiger partial charge in [-0.1, -0.05) is 26.8 Å². The Kier molecular flexibility index (Phi) is 5.53. The van der Waals surface area contributed by atoms with Crippen LogP contribution < -0.4 is 34.7 Å². The third kappa shape index (κ3) is 3.51. The summed E-state index contributed by atoms with van der Waals surface area (Å²) in [4.78, 5) is 11.3. The van der Waals surface area contributed by atoms with E-state index < -0.39 is 5.97 Å². The van der Waals surface area contributed by atoms with E-state index in [1.165, 1.54) is 19.2 Å². The number of ether oxygens (including phenoxy) is 1. The predicted molar refractivity (Wildman–Crippen MR) is 55.9 cm³/mol. The van der Waals surface area contributed by atoms with Crippen LogP contribution in [0, 0.1) is 0 Å². The van der Waals surface area contributed by atoms with E-state index in [0.29, 0.717) is 11.1 Å². The molecular formula is C12H15NaO3. The Bertz CT molecular complexity index is 380. The molecule has 16 heavy (non-hydrogen) atoms. The molecule has 0 saturated carbocycles. The molecule has 0 saturated heterocycles. The second kappa shape index (κ2) is 5.71. The second-order valence-electron chi connectivity index (χ2n) is 4.45. The Hall–Kier alpha value is -0.510. The maximum absolute atomic E-state index is 11.6. The fourth-order valence-electron chi connectivity index (χ4n) is 1.36. The van der Waals surface area contributed by atoms with E-state index in [9.17, 15) is 9.90 Å². The quantitative estimate of drug-likeness (QED) is 0.452. The first-order chi connectivity index (χ1) is 6.86. The summed E-state index contributed by atoms with van der Waals surface area (Å²) >= 11 is 0. The third-order valence-corrected chi connectivity index (χ3v) is 2.21. The Labute approximate surface area is 118 Å². The van der Waals surface area contributed by atoms with Gasteiger partial charge in [-0.2, -0.15) is 0 Å². The number of rotatable bonds is 1. The molecule has 0 aromatic heterocycles. The van der Waals surface area contributed by atoms with Crippen molar-refractivity contribution in [3.05, 3.63) is 29.3 Å². The summed E-state index contributed by atoms with van der Waals surface area (Å²) in [5, 5.41) is 11.6. The van der Waals surface area contributed by atoms with Gasteiger partial charge in [0, 0.05) is 0 Å². The SMILES string of the molecule is COC(=O)c1ccc([O-])c(C(C)(C)C)c1.[Na+]. The summed E-state index contributed by atoms with van der Waals surface area (Å²) in [7, 11) is 1.32. The zero-order valence-corrected chi connectivity index (χ0v) is 12.5. The van der Waals surface area contributed by atoms with Crippen LogP contribution in [0.1, 0.15) is 36.7 Å². The first-order valence-electron chi connectivity index (χ1n) is 4.76. The number of benzene rings is 1. The molecule has 1 aromatic carbocycles. The van der Waals surface area contributed by atoms with Gasteiger partial charge in [-0.3, -0.25) is 0 Å². The minimum Gasteiger partial charge on any atom is -0.872 e. The van der Waals surface area contributed by atoms with Crippen molar-refractivity contribution in [2.75, 3.05) is 7.11 Å². The average Bonchev–Trinajstić information content (AvgIpc) is 2.15. The Balaban J connectivity index is 0.00000225. The van der Waals surface area contributed by atoms with Crippen molar-refractivity contribution in [2.45, 2.75) is 26.2 Å². The van der Waals surface area contributed by atoms with Crippen molar-refractivity contribution in [1.82, 2.24) is 0 Å². The molecule has 3 nitrogen and oxygen atoms in total. The zero-order valence-electron chi connectivity index (χ0n) is 10.5. The monoisotopic (exact) mass is 230 g/mol. The maximum Gasteiger partial charge on any atom is 1.00 e. The molecule has 0 bridgehead atoms. The van der Waals surface area contributed by atoms with E-state index >= 15 is 0 Å². The van der Waals surface area contributed by atoms with Gasteiger partial charge in [-0.05, 0) is 23.1 Å². The molecule has 0 amide bonds. The number of carbonyl (C=O) groups excluding carboxylic acids is 1. The predicted octanol–water partition coefficient (Wildman–Crippen LogP) is -1.15. The molecule has 1 aromatic rings. The van der Waals surface area contributed by atoms with Crippen LogP contribution in [0.4, 0.5) is 0 Å². The van der Waals surface area contributed by atoms with E-state index in [2.05, 4.69) is 4.74 Å². The van der Waals surface area contributed by atoms with Crippen molar-refractivity contribution < 1.29 is 44.2 Å². The molecule has 0 aliphatic heterocycles. The van der Waals surface area contributed by atoms with Crippen LogP contribution in [-0.2, 0) is 10.2 Å². The Morgan fingerprint density at radius 3 is 2.31 bits per heavy atom. The van der Waals surface area contributed by atoms with Gasteiger partial charge in [0.25, 0.3) is 0 Å². The Morgan fingerprint density at radius 1 is 1.31 bits per heavy atom. The van der Waals surface area contributed by atoms with Gasteiger partial charge in [0.15, 0.2) is 0 Å². The van der Waals surface area contributed by atoms with Crippen molar-refractivity contribution in [3.63, 3.8) is 0 Å². The maximum atomic E-state index is 11.6. The van der Waals surface area contributed by atoms with Crippen LogP contribution in [0.25, 0.3) is 0 Å². The largest absolute Gasteiger partial charge is 1.00 e. The number of methoxy groups -OCH3 is 1. The van der Waals surface area contributed by atoms with Gasteiger partial charge in [0.1, 0.15) is 0 Å². The first-order valence-corrected chi connectivity index (χ1v) is 4.76. The minimum atomic E-state index is -0.416. The first kappa shape index (κ1) is 15.5. The summed E-state index contributed by atoms with van der Waals surface area (Å²) in [5.41, 5.74) is 0.786. The molecule has 0 fully saturated rings. The molecule has 0 aliphatic carbocycles. The van der Waals surface area contributed by atoms with E-state index in [0.717, 1.165) is 0 Å². The van der Waals surface area contributed by atoms with E-state index in [4.69, 9.17) is 0 Å². The standard InChI is InChI=1S/C12H16O3.Na/c1-12(2,3)9-7-8(11(14)15-4)5-6-10(9)13;/h5-7,13H,1-4H3;/q;+1/p-1. The topological polar surface area (TPSA) is 49.4 Å². The number of esters is 1. The van der Waals surface area contributed by atoms with Crippen molar-refractivity contribution in [1.29, 1.82) is 0 Å². The normalized spacial score (nSPS) is 10.5. The summed E-state index contributed by atoms with van der Waals surface area (Å²) in [5.74, 6) is -0.462. The van der Waals surface area contributed by atoms with Gasteiger partial charge < -0.3 is 9.84 Å². The smallest absolute Gasteiger partial charge is 0.872 e. The van der Waals surface area contributed by atoms with E-state index in [1.807, 2.05) is 20.8 Å².